The van der Waals surface area contributed by atoms with E-state index in [1.807, 2.05) is 0 Å². The molecule has 32 heavy (non-hydrogen) atoms. The second-order valence-electron chi connectivity index (χ2n) is 8.79. The van der Waals surface area contributed by atoms with Crippen molar-refractivity contribution < 1.29 is 19.8 Å². The highest BCUT2D eigenvalue weighted by Gasteiger charge is 2.28. The van der Waals surface area contributed by atoms with Crippen LogP contribution in [0.5, 0.6) is 0 Å². The lowest BCUT2D eigenvalue weighted by atomic mass is 9.98. The lowest BCUT2D eigenvalue weighted by molar-refractivity contribution is -0.132. The topological polar surface area (TPSA) is 84.3 Å². The first-order chi connectivity index (χ1) is 15.2. The van der Waals surface area contributed by atoms with Gasteiger partial charge in [0, 0.05) is 58.3 Å². The lowest BCUT2D eigenvalue weighted by Crippen LogP contribution is -2.48. The van der Waals surface area contributed by atoms with Crippen LogP contribution in [0.4, 0.5) is 0 Å². The Bertz CT molecular complexity index is 841. The smallest absolute Gasteiger partial charge is 0.246 e. The van der Waals surface area contributed by atoms with Crippen molar-refractivity contribution in [1.82, 2.24) is 14.7 Å². The number of halogens is 2. The van der Waals surface area contributed by atoms with E-state index < -0.39 is 6.10 Å². The summed E-state index contributed by atoms with van der Waals surface area (Å²) in [5.74, 6) is 0.129. The molecule has 7 nitrogen and oxygen atoms in total. The SMILES string of the molecule is C[C@@H]1C[C@H](O)CN(C[C@H](O)CN2CCN(C(=O)C=Cc3ccc(Cl)c(Cl)c3)CCC2=O)C1. The monoisotopic (exact) mass is 483 g/mol. The summed E-state index contributed by atoms with van der Waals surface area (Å²) in [5, 5.41) is 21.4. The van der Waals surface area contributed by atoms with Gasteiger partial charge in [-0.25, -0.2) is 0 Å². The number of aliphatic hydroxyl groups is 2. The predicted molar refractivity (Wildman–Crippen MR) is 126 cm³/mol. The van der Waals surface area contributed by atoms with Gasteiger partial charge in [0.15, 0.2) is 0 Å². The molecule has 2 aliphatic heterocycles. The Balaban J connectivity index is 1.51. The number of hydrogen-bond acceptors (Lipinski definition) is 5. The maximum atomic E-state index is 12.6. The molecular formula is C23H31Cl2N3O4. The first-order valence-electron chi connectivity index (χ1n) is 11.0. The summed E-state index contributed by atoms with van der Waals surface area (Å²) in [6.45, 7) is 5.22. The minimum Gasteiger partial charge on any atom is -0.392 e. The standard InChI is InChI=1S/C23H31Cl2N3O4/c1-16-10-18(29)13-26(12-16)14-19(30)15-28-9-8-27(7-6-23(28)32)22(31)5-3-17-2-4-20(24)21(25)11-17/h2-5,11,16,18-19,29-30H,6-10,12-15H2,1H3/t16-,18+,19+/m1/s1. The summed E-state index contributed by atoms with van der Waals surface area (Å²) < 4.78 is 0. The van der Waals surface area contributed by atoms with Gasteiger partial charge in [0.05, 0.1) is 22.3 Å². The lowest BCUT2D eigenvalue weighted by Gasteiger charge is -2.36. The molecule has 2 amide bonds. The fraction of sp³-hybridized carbons (Fsp3) is 0.565. The van der Waals surface area contributed by atoms with Gasteiger partial charge >= 0.3 is 0 Å². The molecule has 2 heterocycles. The number of carbonyl (C=O) groups is 2. The van der Waals surface area contributed by atoms with Crippen molar-refractivity contribution in [2.45, 2.75) is 32.0 Å². The molecule has 176 valence electrons. The van der Waals surface area contributed by atoms with Crippen molar-refractivity contribution in [3.8, 4) is 0 Å². The van der Waals surface area contributed by atoms with Crippen LogP contribution in [-0.4, -0.2) is 94.7 Å². The summed E-state index contributed by atoms with van der Waals surface area (Å²) in [4.78, 5) is 30.5. The Morgan fingerprint density at radius 1 is 1.19 bits per heavy atom. The van der Waals surface area contributed by atoms with Crippen LogP contribution in [0, 0.1) is 5.92 Å². The quantitative estimate of drug-likeness (QED) is 0.605. The van der Waals surface area contributed by atoms with Gasteiger partial charge < -0.3 is 20.0 Å². The second kappa shape index (κ2) is 11.5. The maximum Gasteiger partial charge on any atom is 0.246 e. The molecular weight excluding hydrogens is 453 g/mol. The summed E-state index contributed by atoms with van der Waals surface area (Å²) >= 11 is 11.9. The van der Waals surface area contributed by atoms with E-state index in [1.165, 1.54) is 6.08 Å². The molecule has 2 aliphatic rings. The molecule has 1 aromatic carbocycles. The van der Waals surface area contributed by atoms with Crippen LogP contribution in [0.1, 0.15) is 25.3 Å². The van der Waals surface area contributed by atoms with E-state index in [2.05, 4.69) is 11.8 Å². The number of rotatable bonds is 6. The summed E-state index contributed by atoms with van der Waals surface area (Å²) in [7, 11) is 0. The average Bonchev–Trinajstić information content (AvgIpc) is 2.89. The molecule has 3 atom stereocenters. The number of hydrogen-bond donors (Lipinski definition) is 2. The number of carbonyl (C=O) groups excluding carboxylic acids is 2. The van der Waals surface area contributed by atoms with Gasteiger partial charge in [0.25, 0.3) is 0 Å². The molecule has 3 rings (SSSR count). The molecule has 2 N–H and O–H groups in total. The van der Waals surface area contributed by atoms with Crippen molar-refractivity contribution in [3.05, 3.63) is 39.9 Å². The first kappa shape index (κ1) is 25.0. The van der Waals surface area contributed by atoms with Gasteiger partial charge in [0.1, 0.15) is 0 Å². The maximum absolute atomic E-state index is 12.6. The third kappa shape index (κ3) is 7.18. The van der Waals surface area contributed by atoms with Crippen molar-refractivity contribution >= 4 is 41.1 Å². The van der Waals surface area contributed by atoms with Crippen molar-refractivity contribution in [3.63, 3.8) is 0 Å². The third-order valence-corrected chi connectivity index (χ3v) is 6.61. The van der Waals surface area contributed by atoms with Crippen molar-refractivity contribution in [1.29, 1.82) is 0 Å². The highest BCUT2D eigenvalue weighted by atomic mass is 35.5. The summed E-state index contributed by atoms with van der Waals surface area (Å²) in [5.41, 5.74) is 0.764. The Labute approximate surface area is 199 Å². The van der Waals surface area contributed by atoms with Crippen LogP contribution >= 0.6 is 23.2 Å². The molecule has 9 heteroatoms. The minimum absolute atomic E-state index is 0.0696. The molecule has 0 bridgehead atoms. The average molecular weight is 484 g/mol. The highest BCUT2D eigenvalue weighted by Crippen LogP contribution is 2.23. The summed E-state index contributed by atoms with van der Waals surface area (Å²) in [6, 6.07) is 5.13. The van der Waals surface area contributed by atoms with Gasteiger partial charge in [-0.05, 0) is 36.1 Å². The van der Waals surface area contributed by atoms with Gasteiger partial charge in [-0.1, -0.05) is 36.2 Å². The number of aliphatic hydroxyl groups excluding tert-OH is 2. The van der Waals surface area contributed by atoms with E-state index in [0.717, 1.165) is 18.5 Å². The van der Waals surface area contributed by atoms with Crippen molar-refractivity contribution in [2.24, 2.45) is 5.92 Å². The Kier molecular flexibility index (Phi) is 8.96. The Morgan fingerprint density at radius 2 is 1.97 bits per heavy atom. The number of benzene rings is 1. The normalized spacial score (nSPS) is 24.1. The van der Waals surface area contributed by atoms with E-state index in [0.29, 0.717) is 48.7 Å². The van der Waals surface area contributed by atoms with Crippen LogP contribution in [-0.2, 0) is 9.59 Å². The van der Waals surface area contributed by atoms with E-state index in [1.54, 1.807) is 34.1 Å². The largest absolute Gasteiger partial charge is 0.392 e. The van der Waals surface area contributed by atoms with Crippen LogP contribution in [0.3, 0.4) is 0 Å². The highest BCUT2D eigenvalue weighted by molar-refractivity contribution is 6.42. The van der Waals surface area contributed by atoms with Gasteiger partial charge in [-0.2, -0.15) is 0 Å². The fourth-order valence-corrected chi connectivity index (χ4v) is 4.66. The number of amides is 2. The van der Waals surface area contributed by atoms with E-state index >= 15 is 0 Å². The fourth-order valence-electron chi connectivity index (χ4n) is 4.36. The zero-order valence-corrected chi connectivity index (χ0v) is 19.8. The number of likely N-dealkylation sites (tertiary alicyclic amines) is 1. The van der Waals surface area contributed by atoms with E-state index in [4.69, 9.17) is 23.2 Å². The Morgan fingerprint density at radius 3 is 2.69 bits per heavy atom. The predicted octanol–water partition coefficient (Wildman–Crippen LogP) is 2.13. The molecule has 0 saturated carbocycles. The van der Waals surface area contributed by atoms with Crippen LogP contribution in [0.25, 0.3) is 6.08 Å². The molecule has 0 unspecified atom stereocenters. The zero-order chi connectivity index (χ0) is 23.3. The van der Waals surface area contributed by atoms with Crippen molar-refractivity contribution in [2.75, 3.05) is 45.8 Å². The number of piperidine rings is 1. The third-order valence-electron chi connectivity index (χ3n) is 5.88. The molecule has 0 radical (unpaired) electrons. The molecule has 0 aromatic heterocycles. The van der Waals surface area contributed by atoms with E-state index in [9.17, 15) is 19.8 Å². The number of β-amino-alcohol motifs (C(OH)–C–C–N with tert-alkyl or cyclic N) is 2. The van der Waals surface area contributed by atoms with Gasteiger partial charge in [-0.3, -0.25) is 14.5 Å². The van der Waals surface area contributed by atoms with Crippen LogP contribution < -0.4 is 0 Å². The second-order valence-corrected chi connectivity index (χ2v) is 9.60. The molecule has 1 aromatic rings. The van der Waals surface area contributed by atoms with E-state index in [-0.39, 0.29) is 30.9 Å². The number of nitrogens with zero attached hydrogens (tertiary/aromatic N) is 3. The molecule has 2 saturated heterocycles. The van der Waals surface area contributed by atoms with Gasteiger partial charge in [-0.15, -0.1) is 0 Å². The molecule has 0 aliphatic carbocycles. The summed E-state index contributed by atoms with van der Waals surface area (Å²) in [6.07, 6.45) is 3.07. The Hall–Kier alpha value is -1.64. The zero-order valence-electron chi connectivity index (χ0n) is 18.3. The van der Waals surface area contributed by atoms with Crippen LogP contribution in [0.15, 0.2) is 24.3 Å². The first-order valence-corrected chi connectivity index (χ1v) is 11.7. The van der Waals surface area contributed by atoms with Crippen LogP contribution in [0.2, 0.25) is 10.0 Å². The molecule has 0 spiro atoms. The minimum atomic E-state index is -0.701. The van der Waals surface area contributed by atoms with Gasteiger partial charge in [0.2, 0.25) is 11.8 Å². The molecule has 2 fully saturated rings.